The van der Waals surface area contributed by atoms with Crippen molar-refractivity contribution >= 4 is 12.0 Å². The van der Waals surface area contributed by atoms with Crippen LogP contribution in [-0.4, -0.2) is 36.2 Å². The van der Waals surface area contributed by atoms with Gasteiger partial charge in [-0.2, -0.15) is 0 Å². The SMILES string of the molecule is COc1ccc(/C=C/C(=O)O)cc1CN1CCCCCC1. The normalized spacial score (nSPS) is 16.8. The van der Waals surface area contributed by atoms with Crippen LogP contribution in [0, 0.1) is 0 Å². The van der Waals surface area contributed by atoms with Gasteiger partial charge in [-0.1, -0.05) is 18.9 Å². The molecule has 1 aliphatic rings. The van der Waals surface area contributed by atoms with Gasteiger partial charge in [0.25, 0.3) is 0 Å². The van der Waals surface area contributed by atoms with Crippen LogP contribution in [-0.2, 0) is 11.3 Å². The molecule has 0 amide bonds. The van der Waals surface area contributed by atoms with Crippen LogP contribution in [0.2, 0.25) is 0 Å². The summed E-state index contributed by atoms with van der Waals surface area (Å²) in [5, 5.41) is 8.72. The van der Waals surface area contributed by atoms with Crippen molar-refractivity contribution in [1.29, 1.82) is 0 Å². The molecule has 0 radical (unpaired) electrons. The fourth-order valence-corrected chi connectivity index (χ4v) is 2.73. The summed E-state index contributed by atoms with van der Waals surface area (Å²) in [6.45, 7) is 3.11. The smallest absolute Gasteiger partial charge is 0.328 e. The average molecular weight is 289 g/mol. The molecule has 1 fully saturated rings. The van der Waals surface area contributed by atoms with E-state index >= 15 is 0 Å². The van der Waals surface area contributed by atoms with Crippen molar-refractivity contribution in [3.8, 4) is 5.75 Å². The summed E-state index contributed by atoms with van der Waals surface area (Å²) in [5.74, 6) is -0.0633. The third-order valence-corrected chi connectivity index (χ3v) is 3.82. The Kier molecular flexibility index (Phi) is 5.81. The van der Waals surface area contributed by atoms with Gasteiger partial charge >= 0.3 is 5.97 Å². The Morgan fingerprint density at radius 1 is 1.29 bits per heavy atom. The Bertz CT molecular complexity index is 503. The molecule has 2 rings (SSSR count). The Labute approximate surface area is 126 Å². The van der Waals surface area contributed by atoms with Crippen LogP contribution in [0.3, 0.4) is 0 Å². The summed E-state index contributed by atoms with van der Waals surface area (Å²) in [6.07, 6.45) is 7.91. The van der Waals surface area contributed by atoms with Gasteiger partial charge in [0.05, 0.1) is 7.11 Å². The zero-order valence-electron chi connectivity index (χ0n) is 12.5. The highest BCUT2D eigenvalue weighted by Crippen LogP contribution is 2.23. The Balaban J connectivity index is 2.14. The minimum absolute atomic E-state index is 0.859. The molecule has 1 saturated heterocycles. The van der Waals surface area contributed by atoms with Gasteiger partial charge in [0.2, 0.25) is 0 Å². The highest BCUT2D eigenvalue weighted by molar-refractivity contribution is 5.85. The third-order valence-electron chi connectivity index (χ3n) is 3.82. The summed E-state index contributed by atoms with van der Waals surface area (Å²) in [6, 6.07) is 5.81. The van der Waals surface area contributed by atoms with E-state index in [4.69, 9.17) is 9.84 Å². The monoisotopic (exact) mass is 289 g/mol. The van der Waals surface area contributed by atoms with Gasteiger partial charge in [-0.15, -0.1) is 0 Å². The molecule has 4 heteroatoms. The second kappa shape index (κ2) is 7.84. The van der Waals surface area contributed by atoms with Crippen LogP contribution >= 0.6 is 0 Å². The topological polar surface area (TPSA) is 49.8 Å². The molecule has 1 aliphatic heterocycles. The van der Waals surface area contributed by atoms with E-state index in [1.807, 2.05) is 18.2 Å². The van der Waals surface area contributed by atoms with Gasteiger partial charge in [-0.3, -0.25) is 4.90 Å². The van der Waals surface area contributed by atoms with Crippen molar-refractivity contribution in [2.24, 2.45) is 0 Å². The van der Waals surface area contributed by atoms with Gasteiger partial charge in [0.1, 0.15) is 5.75 Å². The van der Waals surface area contributed by atoms with Crippen molar-refractivity contribution in [1.82, 2.24) is 4.90 Å². The molecule has 0 saturated carbocycles. The lowest BCUT2D eigenvalue weighted by Gasteiger charge is -2.21. The molecule has 4 nitrogen and oxygen atoms in total. The van der Waals surface area contributed by atoms with Gasteiger partial charge in [0.15, 0.2) is 0 Å². The predicted octanol–water partition coefficient (Wildman–Crippen LogP) is 3.17. The number of methoxy groups -OCH3 is 1. The Hall–Kier alpha value is -1.81. The number of carbonyl (C=O) groups is 1. The molecular weight excluding hydrogens is 266 g/mol. The molecule has 0 atom stereocenters. The van der Waals surface area contributed by atoms with Crippen LogP contribution in [0.4, 0.5) is 0 Å². The van der Waals surface area contributed by atoms with Crippen molar-refractivity contribution in [3.63, 3.8) is 0 Å². The van der Waals surface area contributed by atoms with Crippen molar-refractivity contribution < 1.29 is 14.6 Å². The van der Waals surface area contributed by atoms with Crippen molar-refractivity contribution in [2.45, 2.75) is 32.2 Å². The first-order valence-electron chi connectivity index (χ1n) is 7.49. The maximum atomic E-state index is 10.6. The summed E-state index contributed by atoms with van der Waals surface area (Å²) < 4.78 is 5.43. The van der Waals surface area contributed by atoms with Gasteiger partial charge in [-0.25, -0.2) is 4.79 Å². The van der Waals surface area contributed by atoms with Gasteiger partial charge < -0.3 is 9.84 Å². The number of likely N-dealkylation sites (tertiary alicyclic amines) is 1. The molecule has 0 bridgehead atoms. The van der Waals surface area contributed by atoms with E-state index < -0.39 is 5.97 Å². The van der Waals surface area contributed by atoms with E-state index in [0.717, 1.165) is 42.6 Å². The van der Waals surface area contributed by atoms with E-state index in [-0.39, 0.29) is 0 Å². The molecule has 0 spiro atoms. The molecule has 1 heterocycles. The lowest BCUT2D eigenvalue weighted by Crippen LogP contribution is -2.24. The average Bonchev–Trinajstić information content (AvgIpc) is 2.74. The highest BCUT2D eigenvalue weighted by Gasteiger charge is 2.12. The fourth-order valence-electron chi connectivity index (χ4n) is 2.73. The lowest BCUT2D eigenvalue weighted by molar-refractivity contribution is -0.131. The van der Waals surface area contributed by atoms with E-state index in [2.05, 4.69) is 4.90 Å². The number of aliphatic carboxylic acids is 1. The maximum absolute atomic E-state index is 10.6. The quantitative estimate of drug-likeness (QED) is 0.846. The fraction of sp³-hybridized carbons (Fsp3) is 0.471. The van der Waals surface area contributed by atoms with Crippen LogP contribution in [0.5, 0.6) is 5.75 Å². The Morgan fingerprint density at radius 3 is 2.62 bits per heavy atom. The first-order valence-corrected chi connectivity index (χ1v) is 7.49. The Morgan fingerprint density at radius 2 is 2.00 bits per heavy atom. The molecule has 1 aromatic carbocycles. The number of rotatable bonds is 5. The summed E-state index contributed by atoms with van der Waals surface area (Å²) in [5.41, 5.74) is 2.01. The summed E-state index contributed by atoms with van der Waals surface area (Å²) >= 11 is 0. The minimum Gasteiger partial charge on any atom is -0.496 e. The number of benzene rings is 1. The molecule has 1 N–H and O–H groups in total. The molecule has 0 aromatic heterocycles. The minimum atomic E-state index is -0.931. The maximum Gasteiger partial charge on any atom is 0.328 e. The van der Waals surface area contributed by atoms with Crippen LogP contribution in [0.25, 0.3) is 6.08 Å². The van der Waals surface area contributed by atoms with E-state index in [0.29, 0.717) is 0 Å². The largest absolute Gasteiger partial charge is 0.496 e. The summed E-state index contributed by atoms with van der Waals surface area (Å²) in [4.78, 5) is 13.1. The van der Waals surface area contributed by atoms with E-state index in [1.165, 1.54) is 25.7 Å². The third kappa shape index (κ3) is 4.90. The van der Waals surface area contributed by atoms with Gasteiger partial charge in [-0.05, 0) is 49.7 Å². The first kappa shape index (κ1) is 15.6. The van der Waals surface area contributed by atoms with Gasteiger partial charge in [0, 0.05) is 18.2 Å². The van der Waals surface area contributed by atoms with Crippen molar-refractivity contribution in [3.05, 3.63) is 35.4 Å². The molecule has 0 aliphatic carbocycles. The number of hydrogen-bond donors (Lipinski definition) is 1. The predicted molar refractivity (Wildman–Crippen MR) is 83.4 cm³/mol. The lowest BCUT2D eigenvalue weighted by atomic mass is 10.1. The second-order valence-electron chi connectivity index (χ2n) is 5.43. The molecule has 21 heavy (non-hydrogen) atoms. The van der Waals surface area contributed by atoms with Crippen LogP contribution in [0.15, 0.2) is 24.3 Å². The van der Waals surface area contributed by atoms with Crippen LogP contribution < -0.4 is 4.74 Å². The molecule has 0 unspecified atom stereocenters. The molecular formula is C17H23NO3. The van der Waals surface area contributed by atoms with Crippen molar-refractivity contribution in [2.75, 3.05) is 20.2 Å². The highest BCUT2D eigenvalue weighted by atomic mass is 16.5. The zero-order chi connectivity index (χ0) is 15.1. The van der Waals surface area contributed by atoms with E-state index in [1.54, 1.807) is 13.2 Å². The second-order valence-corrected chi connectivity index (χ2v) is 5.43. The van der Waals surface area contributed by atoms with E-state index in [9.17, 15) is 4.79 Å². The number of hydrogen-bond acceptors (Lipinski definition) is 3. The standard InChI is InChI=1S/C17H23NO3/c1-21-16-8-6-14(7-9-17(19)20)12-15(16)13-18-10-4-2-3-5-11-18/h6-9,12H,2-5,10-11,13H2,1H3,(H,19,20)/b9-7+. The number of carboxylic acids is 1. The number of nitrogens with zero attached hydrogens (tertiary/aromatic N) is 1. The number of carboxylic acid groups (broad SMARTS) is 1. The molecule has 114 valence electrons. The molecule has 1 aromatic rings. The number of ether oxygens (including phenoxy) is 1. The first-order chi connectivity index (χ1) is 10.2. The summed E-state index contributed by atoms with van der Waals surface area (Å²) in [7, 11) is 1.67. The zero-order valence-corrected chi connectivity index (χ0v) is 12.5. The van der Waals surface area contributed by atoms with Crippen LogP contribution in [0.1, 0.15) is 36.8 Å².